The molecule has 2 aromatic rings. The van der Waals surface area contributed by atoms with Gasteiger partial charge in [0, 0.05) is 25.3 Å². The fraction of sp³-hybridized carbons (Fsp3) is 0.480. The van der Waals surface area contributed by atoms with E-state index in [-0.39, 0.29) is 55.0 Å². The Bertz CT molecular complexity index is 1240. The van der Waals surface area contributed by atoms with E-state index in [1.54, 1.807) is 0 Å². The monoisotopic (exact) mass is 608 g/mol. The number of thiophene rings is 1. The maximum absolute atomic E-state index is 14.0. The third kappa shape index (κ3) is 7.89. The van der Waals surface area contributed by atoms with Crippen molar-refractivity contribution in [1.82, 2.24) is 10.2 Å². The first-order valence-electron chi connectivity index (χ1n) is 12.4. The summed E-state index contributed by atoms with van der Waals surface area (Å²) in [5.41, 5.74) is -1.78. The van der Waals surface area contributed by atoms with Crippen molar-refractivity contribution in [3.8, 4) is 0 Å². The van der Waals surface area contributed by atoms with E-state index in [1.165, 1.54) is 23.1 Å². The van der Waals surface area contributed by atoms with Crippen LogP contribution in [-0.4, -0.2) is 74.5 Å². The summed E-state index contributed by atoms with van der Waals surface area (Å²) in [5, 5.41) is 4.94. The molecule has 2 fully saturated rings. The van der Waals surface area contributed by atoms with Gasteiger partial charge in [-0.15, -0.1) is 11.3 Å². The summed E-state index contributed by atoms with van der Waals surface area (Å²) < 4.78 is 74.2. The first kappa shape index (κ1) is 30.2. The lowest BCUT2D eigenvalue weighted by Crippen LogP contribution is -2.52. The summed E-state index contributed by atoms with van der Waals surface area (Å²) in [4.78, 5) is 40.5. The van der Waals surface area contributed by atoms with E-state index in [1.807, 2.05) is 0 Å². The van der Waals surface area contributed by atoms with Crippen LogP contribution in [0, 0.1) is 5.92 Å². The van der Waals surface area contributed by atoms with Gasteiger partial charge in [0.05, 0.1) is 33.6 Å². The molecule has 2 aliphatic rings. The van der Waals surface area contributed by atoms with Crippen LogP contribution in [0.1, 0.15) is 28.1 Å². The number of anilines is 2. The number of benzene rings is 1. The molecule has 1 aromatic heterocycles. The number of carbonyl (C=O) groups is 3. The number of morpholine rings is 1. The Morgan fingerprint density at radius 2 is 1.95 bits per heavy atom. The number of amides is 3. The molecular formula is C25H26ClF5N4O4S. The summed E-state index contributed by atoms with van der Waals surface area (Å²) in [6, 6.07) is 4.64. The van der Waals surface area contributed by atoms with Gasteiger partial charge in [-0.25, -0.2) is 8.78 Å². The molecule has 1 aliphatic heterocycles. The Balaban J connectivity index is 1.57. The van der Waals surface area contributed by atoms with E-state index in [0.29, 0.717) is 10.4 Å². The fourth-order valence-corrected chi connectivity index (χ4v) is 5.27. The van der Waals surface area contributed by atoms with Crippen LogP contribution in [0.5, 0.6) is 0 Å². The first-order valence-corrected chi connectivity index (χ1v) is 13.6. The Morgan fingerprint density at radius 1 is 1.20 bits per heavy atom. The van der Waals surface area contributed by atoms with E-state index < -0.39 is 48.5 Å². The van der Waals surface area contributed by atoms with Gasteiger partial charge in [0.1, 0.15) is 12.6 Å². The van der Waals surface area contributed by atoms with Crippen LogP contribution in [0.3, 0.4) is 0 Å². The Hall–Kier alpha value is -2.81. The molecule has 40 heavy (non-hydrogen) atoms. The quantitative estimate of drug-likeness (QED) is 0.367. The minimum atomic E-state index is -4.86. The Kier molecular flexibility index (Phi) is 9.64. The van der Waals surface area contributed by atoms with Crippen LogP contribution in [0.2, 0.25) is 4.34 Å². The third-order valence-corrected chi connectivity index (χ3v) is 7.63. The zero-order valence-electron chi connectivity index (χ0n) is 21.0. The van der Waals surface area contributed by atoms with Crippen LogP contribution in [0.25, 0.3) is 0 Å². The molecule has 2 N–H and O–H groups in total. The molecule has 1 atom stereocenters. The molecule has 3 amide bonds. The predicted octanol–water partition coefficient (Wildman–Crippen LogP) is 4.50. The topological polar surface area (TPSA) is 91.0 Å². The van der Waals surface area contributed by atoms with Crippen molar-refractivity contribution in [2.45, 2.75) is 31.5 Å². The predicted molar refractivity (Wildman–Crippen MR) is 139 cm³/mol. The Morgan fingerprint density at radius 3 is 2.55 bits per heavy atom. The number of rotatable bonds is 11. The molecule has 1 saturated carbocycles. The highest BCUT2D eigenvalue weighted by Gasteiger charge is 2.38. The zero-order chi connectivity index (χ0) is 29.0. The second kappa shape index (κ2) is 12.8. The second-order valence-corrected chi connectivity index (χ2v) is 11.1. The van der Waals surface area contributed by atoms with Gasteiger partial charge in [0.15, 0.2) is 0 Å². The SMILES string of the molecule is O=C(NC[C@@H](C(=O)Nc1ccc(N2CCOCC2=O)c(C(F)(F)F)c1)N(CC(F)F)CC1CC1)c1ccc(Cl)s1. The van der Waals surface area contributed by atoms with Crippen molar-refractivity contribution >= 4 is 52.0 Å². The summed E-state index contributed by atoms with van der Waals surface area (Å²) in [7, 11) is 0. The zero-order valence-corrected chi connectivity index (χ0v) is 22.6. The van der Waals surface area contributed by atoms with Crippen molar-refractivity contribution in [2.75, 3.05) is 49.6 Å². The first-order chi connectivity index (χ1) is 18.9. The van der Waals surface area contributed by atoms with E-state index in [0.717, 1.165) is 35.1 Å². The standard InChI is InChI=1S/C25H26ClF5N4O4S/c26-20-6-5-19(40-20)24(38)32-10-18(34(12-21(27)28)11-14-1-2-14)23(37)33-15-3-4-17(16(9-15)25(29,30)31)35-7-8-39-13-22(35)36/h3-6,9,14,18,21H,1-2,7-8,10-13H2,(H,32,38)(H,33,37)/t18-/m0/s1. The Labute approximate surface area is 235 Å². The number of ether oxygens (including phenoxy) is 1. The molecule has 4 rings (SSSR count). The number of halogens is 6. The van der Waals surface area contributed by atoms with Gasteiger partial charge >= 0.3 is 6.18 Å². The summed E-state index contributed by atoms with van der Waals surface area (Å²) in [5.74, 6) is -1.98. The lowest BCUT2D eigenvalue weighted by Gasteiger charge is -2.31. The van der Waals surface area contributed by atoms with Crippen molar-refractivity contribution in [2.24, 2.45) is 5.92 Å². The maximum Gasteiger partial charge on any atom is 0.418 e. The molecule has 0 unspecified atom stereocenters. The van der Waals surface area contributed by atoms with E-state index in [4.69, 9.17) is 16.3 Å². The number of alkyl halides is 5. The third-order valence-electron chi connectivity index (χ3n) is 6.40. The smallest absolute Gasteiger partial charge is 0.370 e. The van der Waals surface area contributed by atoms with Gasteiger partial charge in [-0.05, 0) is 49.1 Å². The maximum atomic E-state index is 14.0. The number of nitrogens with zero attached hydrogens (tertiary/aromatic N) is 2. The number of nitrogens with one attached hydrogen (secondary N) is 2. The molecule has 15 heteroatoms. The number of hydrogen-bond acceptors (Lipinski definition) is 6. The van der Waals surface area contributed by atoms with Gasteiger partial charge in [-0.1, -0.05) is 11.6 Å². The summed E-state index contributed by atoms with van der Waals surface area (Å²) in [6.07, 6.45) is -6.06. The summed E-state index contributed by atoms with van der Waals surface area (Å²) in [6.45, 7) is -1.34. The molecule has 1 saturated heterocycles. The molecular weight excluding hydrogens is 583 g/mol. The average Bonchev–Trinajstić information content (AvgIpc) is 3.59. The minimum Gasteiger partial charge on any atom is -0.370 e. The van der Waals surface area contributed by atoms with Crippen LogP contribution in [0.4, 0.5) is 33.3 Å². The lowest BCUT2D eigenvalue weighted by molar-refractivity contribution is -0.137. The van der Waals surface area contributed by atoms with Crippen molar-refractivity contribution in [3.63, 3.8) is 0 Å². The molecule has 0 bridgehead atoms. The van der Waals surface area contributed by atoms with Gasteiger partial charge < -0.3 is 20.3 Å². The van der Waals surface area contributed by atoms with E-state index >= 15 is 0 Å². The van der Waals surface area contributed by atoms with Crippen molar-refractivity contribution < 1.29 is 41.1 Å². The molecule has 218 valence electrons. The van der Waals surface area contributed by atoms with Crippen LogP contribution in [0.15, 0.2) is 30.3 Å². The molecule has 1 aliphatic carbocycles. The highest BCUT2D eigenvalue weighted by molar-refractivity contribution is 7.18. The summed E-state index contributed by atoms with van der Waals surface area (Å²) >= 11 is 6.86. The van der Waals surface area contributed by atoms with Gasteiger partial charge in [0.25, 0.3) is 18.2 Å². The second-order valence-electron chi connectivity index (χ2n) is 9.43. The van der Waals surface area contributed by atoms with E-state index in [9.17, 15) is 36.3 Å². The van der Waals surface area contributed by atoms with Gasteiger partial charge in [-0.3, -0.25) is 19.3 Å². The number of carbonyl (C=O) groups excluding carboxylic acids is 3. The molecule has 0 radical (unpaired) electrons. The van der Waals surface area contributed by atoms with E-state index in [2.05, 4.69) is 10.6 Å². The van der Waals surface area contributed by atoms with Gasteiger partial charge in [0.2, 0.25) is 5.91 Å². The highest BCUT2D eigenvalue weighted by atomic mass is 35.5. The van der Waals surface area contributed by atoms with Crippen molar-refractivity contribution in [3.05, 3.63) is 45.1 Å². The molecule has 1 aromatic carbocycles. The lowest BCUT2D eigenvalue weighted by atomic mass is 10.1. The van der Waals surface area contributed by atoms with Crippen LogP contribution < -0.4 is 15.5 Å². The number of hydrogen-bond donors (Lipinski definition) is 2. The average molecular weight is 609 g/mol. The van der Waals surface area contributed by atoms with Crippen LogP contribution >= 0.6 is 22.9 Å². The van der Waals surface area contributed by atoms with Crippen molar-refractivity contribution in [1.29, 1.82) is 0 Å². The van der Waals surface area contributed by atoms with Gasteiger partial charge in [-0.2, -0.15) is 13.2 Å². The normalized spacial score (nSPS) is 16.9. The highest BCUT2D eigenvalue weighted by Crippen LogP contribution is 2.39. The van der Waals surface area contributed by atoms with Crippen LogP contribution in [-0.2, 0) is 20.5 Å². The molecule has 2 heterocycles. The fourth-order valence-electron chi connectivity index (χ4n) is 4.31. The minimum absolute atomic E-state index is 0.0631. The molecule has 8 nitrogen and oxygen atoms in total. The molecule has 0 spiro atoms. The largest absolute Gasteiger partial charge is 0.418 e.